The molecule has 2 heterocycles. The first-order valence-electron chi connectivity index (χ1n) is 8.67. The number of amides is 3. The Balaban J connectivity index is 1.44. The van der Waals surface area contributed by atoms with Gasteiger partial charge >= 0.3 is 6.03 Å². The lowest BCUT2D eigenvalue weighted by Crippen LogP contribution is -2.44. The van der Waals surface area contributed by atoms with Gasteiger partial charge in [0.05, 0.1) is 17.1 Å². The van der Waals surface area contributed by atoms with Crippen molar-refractivity contribution in [3.63, 3.8) is 0 Å². The quantitative estimate of drug-likeness (QED) is 0.722. The third kappa shape index (κ3) is 5.03. The summed E-state index contributed by atoms with van der Waals surface area (Å²) < 4.78 is 0. The fourth-order valence-electron chi connectivity index (χ4n) is 3.11. The average Bonchev–Trinajstić information content (AvgIpc) is 3.17. The highest BCUT2D eigenvalue weighted by atomic mass is 32.1. The van der Waals surface area contributed by atoms with E-state index in [0.29, 0.717) is 19.6 Å². The number of nitrogens with two attached hydrogens (primary N) is 1. The van der Waals surface area contributed by atoms with Crippen LogP contribution >= 0.6 is 11.3 Å². The van der Waals surface area contributed by atoms with Crippen molar-refractivity contribution in [3.8, 4) is 11.3 Å². The Labute approximate surface area is 156 Å². The monoisotopic (exact) mass is 373 g/mol. The number of aromatic nitrogens is 1. The smallest absolute Gasteiger partial charge is 0.319 e. The van der Waals surface area contributed by atoms with Crippen LogP contribution in [0, 0.1) is 5.92 Å². The van der Waals surface area contributed by atoms with E-state index in [1.807, 2.05) is 29.6 Å². The Kier molecular flexibility index (Phi) is 6.19. The molecule has 3 rings (SSSR count). The number of nitrogens with zero attached hydrogens (tertiary/aromatic N) is 2. The molecule has 1 aromatic carbocycles. The number of rotatable bonds is 6. The van der Waals surface area contributed by atoms with E-state index in [1.165, 1.54) is 11.3 Å². The Morgan fingerprint density at radius 1 is 1.38 bits per heavy atom. The van der Waals surface area contributed by atoms with Crippen molar-refractivity contribution < 1.29 is 9.59 Å². The van der Waals surface area contributed by atoms with Gasteiger partial charge in [0.1, 0.15) is 0 Å². The van der Waals surface area contributed by atoms with Crippen LogP contribution in [0.15, 0.2) is 35.2 Å². The van der Waals surface area contributed by atoms with Crippen LogP contribution in [0.4, 0.5) is 10.5 Å². The van der Waals surface area contributed by atoms with Crippen LogP contribution in [0.3, 0.4) is 0 Å². The molecule has 1 atom stereocenters. The molecule has 1 aliphatic rings. The largest absolute Gasteiger partial charge is 0.369 e. The Morgan fingerprint density at radius 3 is 3.04 bits per heavy atom. The fraction of sp³-hybridized carbons (Fsp3) is 0.389. The Hall–Kier alpha value is -2.45. The number of carbonyl (C=O) groups excluding carboxylic acids is 2. The number of primary amides is 1. The molecule has 8 heteroatoms. The normalized spacial score (nSPS) is 17.6. The molecule has 0 bridgehead atoms. The molecule has 0 radical (unpaired) electrons. The molecule has 7 nitrogen and oxygen atoms in total. The first-order chi connectivity index (χ1) is 12.6. The number of nitrogens with one attached hydrogen (secondary N) is 2. The summed E-state index contributed by atoms with van der Waals surface area (Å²) >= 11 is 1.54. The first kappa shape index (κ1) is 18.3. The molecular weight excluding hydrogens is 350 g/mol. The van der Waals surface area contributed by atoms with Crippen LogP contribution in [0.5, 0.6) is 0 Å². The topological polar surface area (TPSA) is 100 Å². The van der Waals surface area contributed by atoms with Crippen LogP contribution in [-0.2, 0) is 4.79 Å². The average molecular weight is 373 g/mol. The molecule has 0 unspecified atom stereocenters. The Bertz CT molecular complexity index is 750. The van der Waals surface area contributed by atoms with Crippen LogP contribution in [-0.4, -0.2) is 48.0 Å². The van der Waals surface area contributed by atoms with Gasteiger partial charge in [-0.3, -0.25) is 4.79 Å². The number of thiazole rings is 1. The molecular formula is C18H23N5O2S. The fourth-order valence-corrected chi connectivity index (χ4v) is 3.67. The number of hydrogen-bond acceptors (Lipinski definition) is 5. The molecule has 1 aliphatic heterocycles. The van der Waals surface area contributed by atoms with Gasteiger partial charge in [-0.25, -0.2) is 9.78 Å². The van der Waals surface area contributed by atoms with E-state index < -0.39 is 0 Å². The second kappa shape index (κ2) is 8.77. The number of likely N-dealkylation sites (tertiary alicyclic amines) is 1. The van der Waals surface area contributed by atoms with Crippen molar-refractivity contribution in [2.45, 2.75) is 12.8 Å². The summed E-state index contributed by atoms with van der Waals surface area (Å²) in [4.78, 5) is 29.9. The van der Waals surface area contributed by atoms with Gasteiger partial charge in [-0.05, 0) is 31.5 Å². The molecule has 2 aromatic rings. The van der Waals surface area contributed by atoms with E-state index in [2.05, 4.69) is 20.5 Å². The minimum absolute atomic E-state index is 0.0777. The zero-order valence-corrected chi connectivity index (χ0v) is 15.3. The van der Waals surface area contributed by atoms with Gasteiger partial charge in [-0.1, -0.05) is 12.1 Å². The van der Waals surface area contributed by atoms with Crippen LogP contribution in [0.2, 0.25) is 0 Å². The van der Waals surface area contributed by atoms with Gasteiger partial charge < -0.3 is 21.3 Å². The van der Waals surface area contributed by atoms with Crippen molar-refractivity contribution in [1.29, 1.82) is 0 Å². The maximum absolute atomic E-state index is 12.1. The number of urea groups is 1. The van der Waals surface area contributed by atoms with Gasteiger partial charge in [0.2, 0.25) is 5.91 Å². The molecule has 138 valence electrons. The van der Waals surface area contributed by atoms with Crippen molar-refractivity contribution in [3.05, 3.63) is 35.2 Å². The van der Waals surface area contributed by atoms with Gasteiger partial charge in [0.25, 0.3) is 0 Å². The molecule has 3 amide bonds. The predicted octanol–water partition coefficient (Wildman–Crippen LogP) is 2.13. The summed E-state index contributed by atoms with van der Waals surface area (Å²) in [5, 5.41) is 7.67. The molecule has 0 saturated carbocycles. The Morgan fingerprint density at radius 2 is 2.27 bits per heavy atom. The van der Waals surface area contributed by atoms with Gasteiger partial charge in [-0.2, -0.15) is 0 Å². The minimum atomic E-state index is -0.246. The van der Waals surface area contributed by atoms with Gasteiger partial charge in [0, 0.05) is 36.3 Å². The van der Waals surface area contributed by atoms with Gasteiger partial charge in [-0.15, -0.1) is 11.3 Å². The summed E-state index contributed by atoms with van der Waals surface area (Å²) in [6.07, 6.45) is 1.82. The second-order valence-electron chi connectivity index (χ2n) is 6.38. The van der Waals surface area contributed by atoms with Crippen molar-refractivity contribution in [2.24, 2.45) is 11.7 Å². The molecule has 0 aliphatic carbocycles. The number of anilines is 1. The SMILES string of the molecule is NC(=O)[C@H]1CCCN(CCNC(=O)Nc2cccc(-c3cscn3)c2)C1. The molecule has 4 N–H and O–H groups in total. The molecule has 26 heavy (non-hydrogen) atoms. The third-order valence-electron chi connectivity index (χ3n) is 4.47. The lowest BCUT2D eigenvalue weighted by atomic mass is 9.97. The maximum atomic E-state index is 12.1. The van der Waals surface area contributed by atoms with E-state index in [-0.39, 0.29) is 17.9 Å². The van der Waals surface area contributed by atoms with Crippen molar-refractivity contribution in [2.75, 3.05) is 31.5 Å². The zero-order chi connectivity index (χ0) is 18.4. The lowest BCUT2D eigenvalue weighted by molar-refractivity contribution is -0.123. The summed E-state index contributed by atoms with van der Waals surface area (Å²) in [6.45, 7) is 2.83. The van der Waals surface area contributed by atoms with E-state index in [0.717, 1.165) is 36.3 Å². The summed E-state index contributed by atoms with van der Waals surface area (Å²) in [5.74, 6) is -0.313. The number of hydrogen-bond donors (Lipinski definition) is 3. The number of carbonyl (C=O) groups is 2. The number of benzene rings is 1. The predicted molar refractivity (Wildman–Crippen MR) is 103 cm³/mol. The highest BCUT2D eigenvalue weighted by molar-refractivity contribution is 7.07. The van der Waals surface area contributed by atoms with E-state index in [1.54, 1.807) is 5.51 Å². The van der Waals surface area contributed by atoms with E-state index >= 15 is 0 Å². The zero-order valence-electron chi connectivity index (χ0n) is 14.5. The highest BCUT2D eigenvalue weighted by Crippen LogP contribution is 2.22. The molecule has 1 fully saturated rings. The van der Waals surface area contributed by atoms with Gasteiger partial charge in [0.15, 0.2) is 0 Å². The highest BCUT2D eigenvalue weighted by Gasteiger charge is 2.23. The standard InChI is InChI=1S/C18H23N5O2S/c19-17(24)14-4-2-7-23(10-14)8-6-20-18(25)22-15-5-1-3-13(9-15)16-11-26-12-21-16/h1,3,5,9,11-12,14H,2,4,6-8,10H2,(H2,19,24)(H2,20,22,25)/t14-/m0/s1. The summed E-state index contributed by atoms with van der Waals surface area (Å²) in [5.41, 5.74) is 9.76. The summed E-state index contributed by atoms with van der Waals surface area (Å²) in [6, 6.07) is 7.35. The lowest BCUT2D eigenvalue weighted by Gasteiger charge is -2.31. The van der Waals surface area contributed by atoms with Crippen molar-refractivity contribution in [1.82, 2.24) is 15.2 Å². The van der Waals surface area contributed by atoms with Crippen LogP contribution < -0.4 is 16.4 Å². The third-order valence-corrected chi connectivity index (χ3v) is 5.06. The molecule has 1 aromatic heterocycles. The summed E-state index contributed by atoms with van der Waals surface area (Å²) in [7, 11) is 0. The molecule has 1 saturated heterocycles. The van der Waals surface area contributed by atoms with Crippen molar-refractivity contribution >= 4 is 29.0 Å². The second-order valence-corrected chi connectivity index (χ2v) is 7.10. The first-order valence-corrected chi connectivity index (χ1v) is 9.61. The number of piperidine rings is 1. The maximum Gasteiger partial charge on any atom is 0.319 e. The van der Waals surface area contributed by atoms with Crippen LogP contribution in [0.1, 0.15) is 12.8 Å². The molecule has 0 spiro atoms. The van der Waals surface area contributed by atoms with E-state index in [4.69, 9.17) is 5.73 Å². The van der Waals surface area contributed by atoms with Crippen LogP contribution in [0.25, 0.3) is 11.3 Å². The van der Waals surface area contributed by atoms with E-state index in [9.17, 15) is 9.59 Å². The minimum Gasteiger partial charge on any atom is -0.369 e.